The molecule has 1 aliphatic rings. The average Bonchev–Trinajstić information content (AvgIpc) is 2.69. The Morgan fingerprint density at radius 3 is 2.69 bits per heavy atom. The Balaban J connectivity index is 1.86. The maximum Gasteiger partial charge on any atom is 0.190 e. The van der Waals surface area contributed by atoms with E-state index in [9.17, 15) is 0 Å². The second kappa shape index (κ2) is 5.68. The van der Waals surface area contributed by atoms with E-state index in [-0.39, 0.29) is 0 Å². The molecule has 4 nitrogen and oxygen atoms in total. The zero-order valence-corrected chi connectivity index (χ0v) is 10.7. The summed E-state index contributed by atoms with van der Waals surface area (Å²) in [6.45, 7) is 0.466. The molecule has 0 aromatic carbocycles. The molecule has 1 fully saturated rings. The van der Waals surface area contributed by atoms with Gasteiger partial charge in [0, 0.05) is 12.8 Å². The average molecular weight is 240 g/mol. The van der Waals surface area contributed by atoms with E-state index in [1.165, 1.54) is 37.9 Å². The van der Waals surface area contributed by atoms with Crippen LogP contribution in [-0.2, 0) is 13.6 Å². The standard InChI is InChI=1S/C11H20N4S/c1-15-10(7-12)13-14-11(15)16-8-9-5-3-2-4-6-9/h9H,2-8,12H2,1H3. The highest BCUT2D eigenvalue weighted by molar-refractivity contribution is 7.99. The Morgan fingerprint density at radius 2 is 2.06 bits per heavy atom. The fourth-order valence-corrected chi connectivity index (χ4v) is 3.31. The third-order valence-electron chi connectivity index (χ3n) is 3.28. The minimum atomic E-state index is 0.466. The number of nitrogens with two attached hydrogens (primary N) is 1. The molecule has 2 N–H and O–H groups in total. The normalized spacial score (nSPS) is 17.9. The van der Waals surface area contributed by atoms with Gasteiger partial charge in [-0.15, -0.1) is 10.2 Å². The van der Waals surface area contributed by atoms with Crippen molar-refractivity contribution in [2.45, 2.75) is 43.8 Å². The van der Waals surface area contributed by atoms with Gasteiger partial charge in [0.2, 0.25) is 0 Å². The first-order valence-corrected chi connectivity index (χ1v) is 7.01. The van der Waals surface area contributed by atoms with Crippen LogP contribution in [-0.4, -0.2) is 20.5 Å². The van der Waals surface area contributed by atoms with Gasteiger partial charge in [-0.1, -0.05) is 31.0 Å². The van der Waals surface area contributed by atoms with Crippen molar-refractivity contribution in [3.05, 3.63) is 5.82 Å². The molecule has 1 aliphatic carbocycles. The molecule has 0 bridgehead atoms. The van der Waals surface area contributed by atoms with Crippen LogP contribution in [0.15, 0.2) is 5.16 Å². The Morgan fingerprint density at radius 1 is 1.31 bits per heavy atom. The fourth-order valence-electron chi connectivity index (χ4n) is 2.19. The lowest BCUT2D eigenvalue weighted by Gasteiger charge is -2.20. The second-order valence-corrected chi connectivity index (χ2v) is 5.46. The Labute approximate surface area is 101 Å². The molecule has 2 rings (SSSR count). The molecule has 0 radical (unpaired) electrons. The third-order valence-corrected chi connectivity index (χ3v) is 4.53. The van der Waals surface area contributed by atoms with Gasteiger partial charge in [-0.05, 0) is 18.8 Å². The van der Waals surface area contributed by atoms with Crippen LogP contribution in [0.2, 0.25) is 0 Å². The number of hydrogen-bond donors (Lipinski definition) is 1. The van der Waals surface area contributed by atoms with Crippen molar-refractivity contribution in [3.8, 4) is 0 Å². The Bertz CT molecular complexity index is 331. The van der Waals surface area contributed by atoms with Crippen LogP contribution < -0.4 is 5.73 Å². The summed E-state index contributed by atoms with van der Waals surface area (Å²) < 4.78 is 2.01. The molecule has 90 valence electrons. The van der Waals surface area contributed by atoms with Gasteiger partial charge >= 0.3 is 0 Å². The van der Waals surface area contributed by atoms with Crippen LogP contribution in [0, 0.1) is 5.92 Å². The molecule has 1 aromatic heterocycles. The highest BCUT2D eigenvalue weighted by Gasteiger charge is 2.15. The summed E-state index contributed by atoms with van der Waals surface area (Å²) in [5.41, 5.74) is 5.57. The summed E-state index contributed by atoms with van der Waals surface area (Å²) in [6.07, 6.45) is 6.99. The van der Waals surface area contributed by atoms with Gasteiger partial charge in [0.1, 0.15) is 5.82 Å². The smallest absolute Gasteiger partial charge is 0.190 e. The molecule has 0 amide bonds. The molecule has 0 spiro atoms. The SMILES string of the molecule is Cn1c(CN)nnc1SCC1CCCCC1. The van der Waals surface area contributed by atoms with Crippen molar-refractivity contribution in [2.24, 2.45) is 18.7 Å². The van der Waals surface area contributed by atoms with Crippen molar-refractivity contribution in [1.82, 2.24) is 14.8 Å². The minimum absolute atomic E-state index is 0.466. The van der Waals surface area contributed by atoms with E-state index in [1.807, 2.05) is 23.4 Å². The first-order valence-electron chi connectivity index (χ1n) is 6.02. The molecule has 0 saturated heterocycles. The number of thioether (sulfide) groups is 1. The summed E-state index contributed by atoms with van der Waals surface area (Å²) in [6, 6.07) is 0. The lowest BCUT2D eigenvalue weighted by atomic mass is 9.91. The highest BCUT2D eigenvalue weighted by atomic mass is 32.2. The quantitative estimate of drug-likeness (QED) is 0.817. The number of rotatable bonds is 4. The van der Waals surface area contributed by atoms with Crippen LogP contribution in [0.1, 0.15) is 37.9 Å². The topological polar surface area (TPSA) is 56.7 Å². The third kappa shape index (κ3) is 2.77. The van der Waals surface area contributed by atoms with E-state index < -0.39 is 0 Å². The van der Waals surface area contributed by atoms with Gasteiger partial charge < -0.3 is 10.3 Å². The zero-order valence-electron chi connectivity index (χ0n) is 9.85. The largest absolute Gasteiger partial charge is 0.324 e. The molecule has 1 heterocycles. The molecular formula is C11H20N4S. The maximum atomic E-state index is 5.57. The number of hydrogen-bond acceptors (Lipinski definition) is 4. The van der Waals surface area contributed by atoms with E-state index in [1.54, 1.807) is 0 Å². The summed E-state index contributed by atoms with van der Waals surface area (Å²) in [5, 5.41) is 9.24. The van der Waals surface area contributed by atoms with Crippen molar-refractivity contribution >= 4 is 11.8 Å². The van der Waals surface area contributed by atoms with E-state index in [0.717, 1.165) is 16.9 Å². The van der Waals surface area contributed by atoms with E-state index in [0.29, 0.717) is 6.54 Å². The molecule has 16 heavy (non-hydrogen) atoms. The van der Waals surface area contributed by atoms with Crippen LogP contribution >= 0.6 is 11.8 Å². The van der Waals surface area contributed by atoms with Crippen molar-refractivity contribution < 1.29 is 0 Å². The van der Waals surface area contributed by atoms with Gasteiger partial charge in [0.05, 0.1) is 6.54 Å². The molecular weight excluding hydrogens is 220 g/mol. The summed E-state index contributed by atoms with van der Waals surface area (Å²) >= 11 is 1.82. The van der Waals surface area contributed by atoms with E-state index >= 15 is 0 Å². The number of nitrogens with zero attached hydrogens (tertiary/aromatic N) is 3. The van der Waals surface area contributed by atoms with Gasteiger partial charge in [0.25, 0.3) is 0 Å². The van der Waals surface area contributed by atoms with Crippen molar-refractivity contribution in [2.75, 3.05) is 5.75 Å². The second-order valence-electron chi connectivity index (χ2n) is 4.48. The highest BCUT2D eigenvalue weighted by Crippen LogP contribution is 2.29. The van der Waals surface area contributed by atoms with Crippen molar-refractivity contribution in [3.63, 3.8) is 0 Å². The lowest BCUT2D eigenvalue weighted by molar-refractivity contribution is 0.390. The number of aromatic nitrogens is 3. The van der Waals surface area contributed by atoms with Gasteiger partial charge in [-0.3, -0.25) is 0 Å². The Kier molecular flexibility index (Phi) is 4.23. The van der Waals surface area contributed by atoms with E-state index in [4.69, 9.17) is 5.73 Å². The summed E-state index contributed by atoms with van der Waals surface area (Å²) in [5.74, 6) is 2.92. The van der Waals surface area contributed by atoms with Crippen LogP contribution in [0.25, 0.3) is 0 Å². The van der Waals surface area contributed by atoms with Crippen LogP contribution in [0.4, 0.5) is 0 Å². The summed E-state index contributed by atoms with van der Waals surface area (Å²) in [7, 11) is 1.99. The molecule has 5 heteroatoms. The van der Waals surface area contributed by atoms with Gasteiger partial charge in [0.15, 0.2) is 5.16 Å². The molecule has 0 unspecified atom stereocenters. The summed E-state index contributed by atoms with van der Waals surface area (Å²) in [4.78, 5) is 0. The van der Waals surface area contributed by atoms with E-state index in [2.05, 4.69) is 10.2 Å². The monoisotopic (exact) mass is 240 g/mol. The Hall–Kier alpha value is -0.550. The zero-order chi connectivity index (χ0) is 11.4. The molecule has 0 aliphatic heterocycles. The molecule has 0 atom stereocenters. The minimum Gasteiger partial charge on any atom is -0.324 e. The first-order chi connectivity index (χ1) is 7.81. The van der Waals surface area contributed by atoms with Crippen LogP contribution in [0.5, 0.6) is 0 Å². The maximum absolute atomic E-state index is 5.57. The van der Waals surface area contributed by atoms with Crippen molar-refractivity contribution in [1.29, 1.82) is 0 Å². The molecule has 1 saturated carbocycles. The van der Waals surface area contributed by atoms with Crippen LogP contribution in [0.3, 0.4) is 0 Å². The molecule has 1 aromatic rings. The predicted octanol–water partition coefficient (Wildman–Crippen LogP) is 1.95. The fraction of sp³-hybridized carbons (Fsp3) is 0.818. The first kappa shape index (κ1) is 11.9. The van der Waals surface area contributed by atoms with Gasteiger partial charge in [-0.2, -0.15) is 0 Å². The van der Waals surface area contributed by atoms with Gasteiger partial charge in [-0.25, -0.2) is 0 Å². The predicted molar refractivity (Wildman–Crippen MR) is 66.2 cm³/mol. The lowest BCUT2D eigenvalue weighted by Crippen LogP contribution is -2.09.